The molecule has 238 valence electrons. The number of methoxy groups -OCH3 is 1. The molecule has 1 aliphatic rings. The minimum atomic E-state index is -3.67. The quantitative estimate of drug-likeness (QED) is 0.116. The molecule has 2 heterocycles. The molecule has 4 aromatic rings. The Morgan fingerprint density at radius 2 is 1.73 bits per heavy atom. The van der Waals surface area contributed by atoms with Crippen LogP contribution in [-0.4, -0.2) is 69.4 Å². The molecule has 45 heavy (non-hydrogen) atoms. The summed E-state index contributed by atoms with van der Waals surface area (Å²) in [4.78, 5) is 11.9. The van der Waals surface area contributed by atoms with Crippen LogP contribution < -0.4 is 9.21 Å². The van der Waals surface area contributed by atoms with Crippen molar-refractivity contribution in [3.8, 4) is 11.5 Å². The monoisotopic (exact) mass is 650 g/mol. The van der Waals surface area contributed by atoms with Crippen LogP contribution in [0.2, 0.25) is 5.02 Å². The Hall–Kier alpha value is -3.80. The third kappa shape index (κ3) is 7.89. The van der Waals surface area contributed by atoms with Gasteiger partial charge in [-0.15, -0.1) is 10.2 Å². The van der Waals surface area contributed by atoms with Crippen LogP contribution in [0.15, 0.2) is 76.1 Å². The van der Waals surface area contributed by atoms with Gasteiger partial charge in [-0.1, -0.05) is 79.2 Å². The van der Waals surface area contributed by atoms with E-state index in [1.54, 1.807) is 13.2 Å². The van der Waals surface area contributed by atoms with Gasteiger partial charge in [-0.2, -0.15) is 0 Å². The van der Waals surface area contributed by atoms with E-state index in [0.717, 1.165) is 46.8 Å². The van der Waals surface area contributed by atoms with E-state index in [1.165, 1.54) is 7.05 Å². The van der Waals surface area contributed by atoms with Gasteiger partial charge in [-0.3, -0.25) is 9.30 Å². The van der Waals surface area contributed by atoms with Gasteiger partial charge in [-0.25, -0.2) is 13.4 Å². The predicted octanol–water partition coefficient (Wildman–Crippen LogP) is 6.28. The highest BCUT2D eigenvalue weighted by Gasteiger charge is 2.35. The number of pyridine rings is 1. The van der Waals surface area contributed by atoms with Crippen molar-refractivity contribution in [3.05, 3.63) is 88.8 Å². The maximum Gasteiger partial charge on any atom is 0.249 e. The number of benzene rings is 2. The standard InChI is InChI=1S/C33H39ClN6O4S/c1-22-19-26(22)21-40(17-12-18-43-4)28-20-27(29(34)31(36-28)39(3)45(5,41)42)33-38-37-32(44-33)23(2)35-30(24-13-8-6-9-14-24)25-15-10-7-11-16-25/h6-11,13-16,20,22-23,26H,12,17-19,21H2,1-5H3. The molecular weight excluding hydrogens is 612 g/mol. The van der Waals surface area contributed by atoms with E-state index in [1.807, 2.05) is 67.6 Å². The molecule has 2 aromatic heterocycles. The minimum absolute atomic E-state index is 0.0912. The average molecular weight is 651 g/mol. The van der Waals surface area contributed by atoms with Gasteiger partial charge in [-0.05, 0) is 37.7 Å². The van der Waals surface area contributed by atoms with E-state index in [9.17, 15) is 8.42 Å². The molecule has 0 amide bonds. The fourth-order valence-corrected chi connectivity index (χ4v) is 5.89. The van der Waals surface area contributed by atoms with Crippen molar-refractivity contribution in [2.24, 2.45) is 16.8 Å². The molecule has 0 spiro atoms. The van der Waals surface area contributed by atoms with Gasteiger partial charge in [0.25, 0.3) is 0 Å². The minimum Gasteiger partial charge on any atom is -0.418 e. The summed E-state index contributed by atoms with van der Waals surface area (Å²) in [6.45, 7) is 6.16. The van der Waals surface area contributed by atoms with Crippen molar-refractivity contribution < 1.29 is 17.6 Å². The van der Waals surface area contributed by atoms with Gasteiger partial charge in [0.15, 0.2) is 5.82 Å². The topological polar surface area (TPSA) is 114 Å². The molecular formula is C33H39ClN6O4S. The average Bonchev–Trinajstić information content (AvgIpc) is 3.50. The second kappa shape index (κ2) is 14.1. The largest absolute Gasteiger partial charge is 0.418 e. The van der Waals surface area contributed by atoms with Gasteiger partial charge < -0.3 is 14.1 Å². The normalized spacial score (nSPS) is 16.7. The van der Waals surface area contributed by atoms with Crippen LogP contribution >= 0.6 is 11.6 Å². The number of hydrogen-bond donors (Lipinski definition) is 0. The fraction of sp³-hybridized carbons (Fsp3) is 0.394. The summed E-state index contributed by atoms with van der Waals surface area (Å²) in [6.07, 6.45) is 3.03. The second-order valence-electron chi connectivity index (χ2n) is 11.5. The smallest absolute Gasteiger partial charge is 0.249 e. The number of rotatable bonds is 14. The van der Waals surface area contributed by atoms with Crippen LogP contribution in [0.1, 0.15) is 49.7 Å². The van der Waals surface area contributed by atoms with Gasteiger partial charge in [0.1, 0.15) is 11.9 Å². The summed E-state index contributed by atoms with van der Waals surface area (Å²) in [5.41, 5.74) is 3.12. The summed E-state index contributed by atoms with van der Waals surface area (Å²) in [6, 6.07) is 21.2. The molecule has 0 bridgehead atoms. The Morgan fingerprint density at radius 1 is 1.11 bits per heavy atom. The zero-order valence-electron chi connectivity index (χ0n) is 26.2. The Morgan fingerprint density at radius 3 is 2.29 bits per heavy atom. The van der Waals surface area contributed by atoms with E-state index in [4.69, 9.17) is 30.7 Å². The maximum atomic E-state index is 12.6. The summed E-state index contributed by atoms with van der Waals surface area (Å²) < 4.78 is 37.8. The third-order valence-electron chi connectivity index (χ3n) is 8.00. The number of ether oxygens (including phenoxy) is 1. The summed E-state index contributed by atoms with van der Waals surface area (Å²) >= 11 is 6.86. The first-order valence-electron chi connectivity index (χ1n) is 15.0. The first-order chi connectivity index (χ1) is 21.6. The number of aliphatic imine (C=N–C) groups is 1. The zero-order valence-corrected chi connectivity index (χ0v) is 27.8. The fourth-order valence-electron chi connectivity index (χ4n) is 5.09. The van der Waals surface area contributed by atoms with Crippen LogP contribution in [0.25, 0.3) is 11.5 Å². The van der Waals surface area contributed by atoms with Crippen LogP contribution in [0.3, 0.4) is 0 Å². The van der Waals surface area contributed by atoms with Gasteiger partial charge in [0.2, 0.25) is 21.8 Å². The number of sulfonamides is 1. The lowest BCUT2D eigenvalue weighted by Crippen LogP contribution is -2.31. The molecule has 3 atom stereocenters. The Labute approximate surface area is 270 Å². The number of aromatic nitrogens is 3. The van der Waals surface area contributed by atoms with Gasteiger partial charge >= 0.3 is 0 Å². The lowest BCUT2D eigenvalue weighted by Gasteiger charge is -2.27. The first-order valence-corrected chi connectivity index (χ1v) is 17.2. The van der Waals surface area contributed by atoms with Crippen molar-refractivity contribution >= 4 is 39.0 Å². The van der Waals surface area contributed by atoms with E-state index in [-0.39, 0.29) is 16.7 Å². The van der Waals surface area contributed by atoms with Gasteiger partial charge in [0.05, 0.1) is 22.6 Å². The molecule has 0 radical (unpaired) electrons. The Balaban J connectivity index is 1.55. The Bertz CT molecular complexity index is 1690. The van der Waals surface area contributed by atoms with Crippen molar-refractivity contribution in [2.75, 3.05) is 49.3 Å². The van der Waals surface area contributed by atoms with E-state index in [0.29, 0.717) is 42.3 Å². The van der Waals surface area contributed by atoms with Crippen molar-refractivity contribution in [1.82, 2.24) is 15.2 Å². The van der Waals surface area contributed by atoms with Crippen LogP contribution in [0, 0.1) is 11.8 Å². The lowest BCUT2D eigenvalue weighted by molar-refractivity contribution is 0.196. The maximum absolute atomic E-state index is 12.6. The van der Waals surface area contributed by atoms with E-state index >= 15 is 0 Å². The van der Waals surface area contributed by atoms with Gasteiger partial charge in [0, 0.05) is 45.0 Å². The lowest BCUT2D eigenvalue weighted by atomic mass is 10.0. The van der Waals surface area contributed by atoms with Crippen LogP contribution in [-0.2, 0) is 14.8 Å². The van der Waals surface area contributed by atoms with Crippen molar-refractivity contribution in [3.63, 3.8) is 0 Å². The van der Waals surface area contributed by atoms with E-state index in [2.05, 4.69) is 22.0 Å². The summed E-state index contributed by atoms with van der Waals surface area (Å²) in [5, 5.41) is 8.78. The van der Waals surface area contributed by atoms with Crippen molar-refractivity contribution in [1.29, 1.82) is 0 Å². The summed E-state index contributed by atoms with van der Waals surface area (Å²) in [5.74, 6) is 2.27. The summed E-state index contributed by atoms with van der Waals surface area (Å²) in [7, 11) is -0.568. The molecule has 10 nitrogen and oxygen atoms in total. The third-order valence-corrected chi connectivity index (χ3v) is 9.54. The molecule has 1 saturated carbocycles. The van der Waals surface area contributed by atoms with Crippen LogP contribution in [0.5, 0.6) is 0 Å². The number of nitrogens with zero attached hydrogens (tertiary/aromatic N) is 6. The first kappa shape index (κ1) is 32.6. The molecule has 3 unspecified atom stereocenters. The SMILES string of the molecule is COCCCN(CC1CC1C)c1cc(-c2nnc(C(C)N=C(c3ccccc3)c3ccccc3)o2)c(Cl)c(N(C)S(C)(=O)=O)n1. The molecule has 1 fully saturated rings. The molecule has 2 aromatic carbocycles. The molecule has 12 heteroatoms. The zero-order chi connectivity index (χ0) is 32.1. The number of halogens is 1. The molecule has 0 N–H and O–H groups in total. The second-order valence-corrected chi connectivity index (χ2v) is 13.9. The van der Waals surface area contributed by atoms with Crippen molar-refractivity contribution in [2.45, 2.75) is 32.7 Å². The van der Waals surface area contributed by atoms with Crippen LogP contribution in [0.4, 0.5) is 11.6 Å². The highest BCUT2D eigenvalue weighted by molar-refractivity contribution is 7.92. The number of anilines is 2. The molecule has 0 saturated heterocycles. The predicted molar refractivity (Wildman–Crippen MR) is 179 cm³/mol. The molecule has 0 aliphatic heterocycles. The Kier molecular flexibility index (Phi) is 10.2. The highest BCUT2D eigenvalue weighted by Crippen LogP contribution is 2.41. The molecule has 1 aliphatic carbocycles. The number of hydrogen-bond acceptors (Lipinski definition) is 9. The highest BCUT2D eigenvalue weighted by atomic mass is 35.5. The van der Waals surface area contributed by atoms with E-state index < -0.39 is 16.1 Å². The molecule has 5 rings (SSSR count).